The van der Waals surface area contributed by atoms with Crippen molar-refractivity contribution >= 4 is 18.7 Å². The Kier molecular flexibility index (Phi) is 4.20. The molecule has 2 aromatic carbocycles. The van der Waals surface area contributed by atoms with Gasteiger partial charge in [0.15, 0.2) is 0 Å². The van der Waals surface area contributed by atoms with Crippen LogP contribution in [0.4, 0.5) is 0 Å². The van der Waals surface area contributed by atoms with Crippen molar-refractivity contribution in [3.8, 4) is 16.6 Å². The molecule has 0 saturated carbocycles. The second-order valence-corrected chi connectivity index (χ2v) is 5.12. The van der Waals surface area contributed by atoms with E-state index >= 15 is 0 Å². The zero-order valence-corrected chi connectivity index (χ0v) is 11.4. The molecule has 3 heteroatoms. The van der Waals surface area contributed by atoms with Crippen molar-refractivity contribution in [1.29, 1.82) is 0 Å². The topological polar surface area (TPSA) is 9.23 Å². The van der Waals surface area contributed by atoms with E-state index in [1.54, 1.807) is 7.11 Å². The van der Waals surface area contributed by atoms with E-state index in [1.807, 2.05) is 12.1 Å². The normalized spacial score (nSPS) is 10.5. The molecule has 1 nitrogen and oxygen atoms in total. The van der Waals surface area contributed by atoms with Gasteiger partial charge in [0.2, 0.25) is 0 Å². The predicted octanol–water partition coefficient (Wildman–Crippen LogP) is 1.82. The average Bonchev–Trinajstić information content (AvgIpc) is 2.82. The largest absolute Gasteiger partial charge is 1.00 e. The molecule has 0 amide bonds. The first-order chi connectivity index (χ1) is 8.36. The molecule has 0 fully saturated rings. The van der Waals surface area contributed by atoms with Crippen molar-refractivity contribution in [2.75, 3.05) is 7.11 Å². The van der Waals surface area contributed by atoms with Crippen LogP contribution in [0.2, 0.25) is 0 Å². The molecule has 0 saturated heterocycles. The summed E-state index contributed by atoms with van der Waals surface area (Å²) in [6.07, 6.45) is 0. The van der Waals surface area contributed by atoms with E-state index in [9.17, 15) is 0 Å². The molecule has 0 radical (unpaired) electrons. The van der Waals surface area contributed by atoms with Gasteiger partial charge in [-0.2, -0.15) is 10.4 Å². The first-order valence-electron chi connectivity index (χ1n) is 5.54. The molecule has 18 heavy (non-hydrogen) atoms. The Hall–Kier alpha value is -1.12. The summed E-state index contributed by atoms with van der Waals surface area (Å²) in [6.45, 7) is 0. The fourth-order valence-corrected chi connectivity index (χ4v) is 3.10. The summed E-state index contributed by atoms with van der Waals surface area (Å²) in [5, 5.41) is 4.08. The quantitative estimate of drug-likeness (QED) is 0.627. The van der Waals surface area contributed by atoms with Crippen molar-refractivity contribution in [2.45, 2.75) is 0 Å². The molecule has 0 unspecified atom stereocenters. The molecular weight excluding hydrogens is 234 g/mol. The van der Waals surface area contributed by atoms with Gasteiger partial charge in [0.1, 0.15) is 5.75 Å². The Bertz CT molecular complexity index is 610. The van der Waals surface area contributed by atoms with Gasteiger partial charge in [0.25, 0.3) is 0 Å². The minimum Gasteiger partial charge on any atom is -0.514 e. The van der Waals surface area contributed by atoms with E-state index in [1.165, 1.54) is 29.6 Å². The molecule has 0 bridgehead atoms. The maximum atomic E-state index is 5.17. The van der Waals surface area contributed by atoms with Gasteiger partial charge in [0.05, 0.1) is 7.11 Å². The third-order valence-corrected chi connectivity index (χ3v) is 4.13. The van der Waals surface area contributed by atoms with Gasteiger partial charge in [-0.05, 0) is 17.7 Å². The van der Waals surface area contributed by atoms with Crippen LogP contribution in [-0.2, 0) is 0 Å². The number of methoxy groups -OCH3 is 1. The van der Waals surface area contributed by atoms with Crippen LogP contribution in [0.1, 0.15) is 0 Å². The third-order valence-electron chi connectivity index (χ3n) is 2.86. The number of ether oxygens (including phenoxy) is 1. The molecule has 3 rings (SSSR count). The SMILES string of the molecule is COc1ccc(-c2cc3ccccc3[p-]2)cc1.[Li+]. The number of rotatable bonds is 2. The first-order valence-corrected chi connectivity index (χ1v) is 6.43. The maximum absolute atomic E-state index is 5.17. The summed E-state index contributed by atoms with van der Waals surface area (Å²) in [5.41, 5.74) is 1.27. The van der Waals surface area contributed by atoms with Crippen LogP contribution in [0, 0.1) is 0 Å². The Balaban J connectivity index is 0.00000120. The molecule has 1 aromatic heterocycles. The molecule has 0 atom stereocenters. The van der Waals surface area contributed by atoms with E-state index in [4.69, 9.17) is 4.74 Å². The molecule has 0 N–H and O–H groups in total. The number of hydrogen-bond donors (Lipinski definition) is 0. The Morgan fingerprint density at radius 2 is 1.67 bits per heavy atom. The summed E-state index contributed by atoms with van der Waals surface area (Å²) in [4.78, 5) is 0. The number of benzene rings is 2. The van der Waals surface area contributed by atoms with Crippen LogP contribution in [-0.4, -0.2) is 7.11 Å². The Labute approximate surface area is 120 Å². The summed E-state index contributed by atoms with van der Waals surface area (Å²) in [6, 6.07) is 19.0. The zero-order chi connectivity index (χ0) is 11.7. The Morgan fingerprint density at radius 3 is 2.33 bits per heavy atom. The van der Waals surface area contributed by atoms with Crippen LogP contribution in [0.15, 0.2) is 54.6 Å². The second-order valence-electron chi connectivity index (χ2n) is 3.93. The van der Waals surface area contributed by atoms with Crippen LogP contribution >= 0.6 is 8.19 Å². The fourth-order valence-electron chi connectivity index (χ4n) is 1.93. The maximum Gasteiger partial charge on any atom is 1.00 e. The van der Waals surface area contributed by atoms with Crippen LogP contribution in [0.25, 0.3) is 21.4 Å². The minimum atomic E-state index is 0. The minimum absolute atomic E-state index is 0. The van der Waals surface area contributed by atoms with E-state index in [0.29, 0.717) is 0 Å². The summed E-state index contributed by atoms with van der Waals surface area (Å²) in [5.74, 6) is 0.904. The summed E-state index contributed by atoms with van der Waals surface area (Å²) >= 11 is 0. The summed E-state index contributed by atoms with van der Waals surface area (Å²) in [7, 11) is 2.99. The van der Waals surface area contributed by atoms with E-state index in [-0.39, 0.29) is 18.9 Å². The number of fused-ring (bicyclic) bond motifs is 1. The molecule has 3 aromatic rings. The van der Waals surface area contributed by atoms with Crippen LogP contribution < -0.4 is 23.6 Å². The molecular formula is C15H12LiOP. The third kappa shape index (κ3) is 2.50. The van der Waals surface area contributed by atoms with Crippen LogP contribution in [0.3, 0.4) is 0 Å². The van der Waals surface area contributed by atoms with Crippen molar-refractivity contribution in [2.24, 2.45) is 0 Å². The van der Waals surface area contributed by atoms with E-state index < -0.39 is 0 Å². The Morgan fingerprint density at radius 1 is 0.944 bits per heavy atom. The molecule has 1 heterocycles. The number of hydrogen-bond acceptors (Lipinski definition) is 1. The van der Waals surface area contributed by atoms with Crippen molar-refractivity contribution in [3.05, 3.63) is 54.6 Å². The van der Waals surface area contributed by atoms with Gasteiger partial charge in [-0.15, -0.1) is 0 Å². The predicted molar refractivity (Wildman–Crippen MR) is 74.0 cm³/mol. The smallest absolute Gasteiger partial charge is 0.514 e. The van der Waals surface area contributed by atoms with E-state index in [0.717, 1.165) is 5.75 Å². The second kappa shape index (κ2) is 5.68. The van der Waals surface area contributed by atoms with Gasteiger partial charge >= 0.3 is 18.9 Å². The summed E-state index contributed by atoms with van der Waals surface area (Å²) < 4.78 is 5.17. The average molecular weight is 246 g/mol. The molecule has 0 aliphatic heterocycles. The molecule has 84 valence electrons. The van der Waals surface area contributed by atoms with Gasteiger partial charge in [-0.1, -0.05) is 47.9 Å². The van der Waals surface area contributed by atoms with Crippen molar-refractivity contribution in [3.63, 3.8) is 0 Å². The first kappa shape index (κ1) is 13.3. The monoisotopic (exact) mass is 246 g/mol. The van der Waals surface area contributed by atoms with Gasteiger partial charge in [-0.3, -0.25) is 0 Å². The molecule has 0 spiro atoms. The van der Waals surface area contributed by atoms with Gasteiger partial charge in [0, 0.05) is 0 Å². The van der Waals surface area contributed by atoms with Crippen LogP contribution in [0.5, 0.6) is 5.75 Å². The fraction of sp³-hybridized carbons (Fsp3) is 0.0667. The molecule has 0 aliphatic carbocycles. The standard InChI is InChI=1S/C15H12OP.Li/c1-16-13-8-6-11(7-9-13)15-10-12-4-2-3-5-14(12)17-15;/h2-10H,1H3;/q-1;+1. The van der Waals surface area contributed by atoms with Crippen molar-refractivity contribution in [1.82, 2.24) is 0 Å². The molecule has 0 aliphatic rings. The van der Waals surface area contributed by atoms with Gasteiger partial charge < -0.3 is 12.9 Å². The van der Waals surface area contributed by atoms with E-state index in [2.05, 4.69) is 42.5 Å². The van der Waals surface area contributed by atoms with Gasteiger partial charge in [-0.25, -0.2) is 0 Å². The van der Waals surface area contributed by atoms with Crippen molar-refractivity contribution < 1.29 is 23.6 Å². The zero-order valence-electron chi connectivity index (χ0n) is 10.6.